The van der Waals surface area contributed by atoms with Crippen LogP contribution in [0, 0.1) is 0 Å². The van der Waals surface area contributed by atoms with Crippen LogP contribution in [-0.4, -0.2) is 16.1 Å². The second-order valence-corrected chi connectivity index (χ2v) is 4.91. The first kappa shape index (κ1) is 13.4. The van der Waals surface area contributed by atoms with Crippen LogP contribution in [-0.2, 0) is 13.1 Å². The van der Waals surface area contributed by atoms with Gasteiger partial charge < -0.3 is 9.88 Å². The summed E-state index contributed by atoms with van der Waals surface area (Å²) in [5.74, 6) is 0. The fraction of sp³-hybridized carbons (Fsp3) is 0.308. The molecule has 96 valence electrons. The topological polar surface area (TPSA) is 29.9 Å². The van der Waals surface area contributed by atoms with Crippen LogP contribution in [0.1, 0.15) is 12.0 Å². The molecule has 2 aromatic rings. The number of halogens is 2. The predicted molar refractivity (Wildman–Crippen MR) is 75.0 cm³/mol. The molecule has 5 heteroatoms. The van der Waals surface area contributed by atoms with Crippen molar-refractivity contribution in [1.82, 2.24) is 14.9 Å². The van der Waals surface area contributed by atoms with Gasteiger partial charge in [-0.25, -0.2) is 4.98 Å². The molecule has 0 saturated carbocycles. The van der Waals surface area contributed by atoms with Gasteiger partial charge in [0.15, 0.2) is 0 Å². The van der Waals surface area contributed by atoms with Gasteiger partial charge in [-0.15, -0.1) is 0 Å². The van der Waals surface area contributed by atoms with Crippen LogP contribution >= 0.6 is 23.2 Å². The Bertz CT molecular complexity index is 483. The lowest BCUT2D eigenvalue weighted by Gasteiger charge is -2.07. The van der Waals surface area contributed by atoms with Gasteiger partial charge in [-0.3, -0.25) is 0 Å². The van der Waals surface area contributed by atoms with E-state index in [0.29, 0.717) is 0 Å². The lowest BCUT2D eigenvalue weighted by molar-refractivity contribution is 0.581. The maximum atomic E-state index is 6.08. The molecule has 1 aromatic carbocycles. The van der Waals surface area contributed by atoms with Crippen LogP contribution in [0.4, 0.5) is 0 Å². The van der Waals surface area contributed by atoms with Crippen molar-refractivity contribution >= 4 is 23.2 Å². The first-order valence-corrected chi connectivity index (χ1v) is 6.61. The summed E-state index contributed by atoms with van der Waals surface area (Å²) in [5, 5.41) is 4.82. The van der Waals surface area contributed by atoms with Crippen molar-refractivity contribution in [3.63, 3.8) is 0 Å². The van der Waals surface area contributed by atoms with Crippen LogP contribution in [0.15, 0.2) is 36.9 Å². The monoisotopic (exact) mass is 283 g/mol. The molecule has 0 fully saturated rings. The molecule has 0 aliphatic rings. The molecule has 1 heterocycles. The smallest absolute Gasteiger partial charge is 0.0945 e. The highest BCUT2D eigenvalue weighted by Crippen LogP contribution is 2.20. The second-order valence-electron chi connectivity index (χ2n) is 4.07. The Morgan fingerprint density at radius 1 is 1.28 bits per heavy atom. The zero-order valence-electron chi connectivity index (χ0n) is 9.94. The number of hydrogen-bond acceptors (Lipinski definition) is 2. The van der Waals surface area contributed by atoms with Crippen molar-refractivity contribution in [3.05, 3.63) is 52.5 Å². The Morgan fingerprint density at radius 3 is 2.94 bits per heavy atom. The first-order chi connectivity index (χ1) is 8.75. The van der Waals surface area contributed by atoms with Gasteiger partial charge in [0.05, 0.1) is 6.33 Å². The van der Waals surface area contributed by atoms with Gasteiger partial charge in [0.2, 0.25) is 0 Å². The maximum Gasteiger partial charge on any atom is 0.0945 e. The van der Waals surface area contributed by atoms with Crippen LogP contribution in [0.3, 0.4) is 0 Å². The normalized spacial score (nSPS) is 10.8. The number of aromatic nitrogens is 2. The van der Waals surface area contributed by atoms with Crippen LogP contribution < -0.4 is 5.32 Å². The van der Waals surface area contributed by atoms with E-state index in [9.17, 15) is 0 Å². The van der Waals surface area contributed by atoms with Gasteiger partial charge in [0, 0.05) is 35.5 Å². The molecule has 0 unspecified atom stereocenters. The van der Waals surface area contributed by atoms with E-state index in [1.165, 1.54) is 0 Å². The third-order valence-electron chi connectivity index (χ3n) is 2.65. The zero-order valence-corrected chi connectivity index (χ0v) is 11.5. The SMILES string of the molecule is Clc1ccc(Cl)c(CNCCCn2ccnc2)c1. The molecular weight excluding hydrogens is 269 g/mol. The highest BCUT2D eigenvalue weighted by molar-refractivity contribution is 6.33. The number of hydrogen-bond donors (Lipinski definition) is 1. The van der Waals surface area contributed by atoms with Crippen LogP contribution in [0.5, 0.6) is 0 Å². The van der Waals surface area contributed by atoms with Gasteiger partial charge in [-0.1, -0.05) is 23.2 Å². The Morgan fingerprint density at radius 2 is 2.17 bits per heavy atom. The summed E-state index contributed by atoms with van der Waals surface area (Å²) in [5.41, 5.74) is 1.03. The first-order valence-electron chi connectivity index (χ1n) is 5.86. The van der Waals surface area contributed by atoms with E-state index >= 15 is 0 Å². The number of imidazole rings is 1. The van der Waals surface area contributed by atoms with Crippen molar-refractivity contribution < 1.29 is 0 Å². The minimum atomic E-state index is 0.717. The Labute approximate surface area is 117 Å². The molecule has 0 aliphatic carbocycles. The van der Waals surface area contributed by atoms with Gasteiger partial charge in [0.25, 0.3) is 0 Å². The summed E-state index contributed by atoms with van der Waals surface area (Å²) in [6.45, 7) is 2.64. The quantitative estimate of drug-likeness (QED) is 0.824. The molecule has 0 spiro atoms. The third-order valence-corrected chi connectivity index (χ3v) is 3.26. The summed E-state index contributed by atoms with van der Waals surface area (Å²) in [6.07, 6.45) is 6.63. The molecule has 2 rings (SSSR count). The largest absolute Gasteiger partial charge is 0.337 e. The van der Waals surface area contributed by atoms with Crippen molar-refractivity contribution in [2.75, 3.05) is 6.54 Å². The summed E-state index contributed by atoms with van der Waals surface area (Å²) in [4.78, 5) is 4.00. The lowest BCUT2D eigenvalue weighted by Crippen LogP contribution is -2.16. The van der Waals surface area contributed by atoms with Crippen molar-refractivity contribution in [3.8, 4) is 0 Å². The number of nitrogens with zero attached hydrogens (tertiary/aromatic N) is 2. The van der Waals surface area contributed by atoms with E-state index in [-0.39, 0.29) is 0 Å². The fourth-order valence-corrected chi connectivity index (χ4v) is 2.09. The average molecular weight is 284 g/mol. The van der Waals surface area contributed by atoms with E-state index in [1.54, 1.807) is 12.3 Å². The molecule has 0 amide bonds. The van der Waals surface area contributed by atoms with Crippen LogP contribution in [0.2, 0.25) is 10.0 Å². The molecule has 0 aliphatic heterocycles. The summed E-state index contributed by atoms with van der Waals surface area (Å²) >= 11 is 12.0. The Hall–Kier alpha value is -1.03. The average Bonchev–Trinajstić information content (AvgIpc) is 2.86. The predicted octanol–water partition coefficient (Wildman–Crippen LogP) is 3.37. The molecule has 18 heavy (non-hydrogen) atoms. The third kappa shape index (κ3) is 4.02. The van der Waals surface area contributed by atoms with E-state index in [2.05, 4.69) is 14.9 Å². The highest BCUT2D eigenvalue weighted by atomic mass is 35.5. The molecule has 0 bridgehead atoms. The number of nitrogens with one attached hydrogen (secondary N) is 1. The van der Waals surface area contributed by atoms with Gasteiger partial charge >= 0.3 is 0 Å². The molecular formula is C13H15Cl2N3. The number of rotatable bonds is 6. The summed E-state index contributed by atoms with van der Waals surface area (Å²) in [6, 6.07) is 5.52. The molecule has 0 saturated heterocycles. The van der Waals surface area contributed by atoms with Gasteiger partial charge in [-0.2, -0.15) is 0 Å². The minimum absolute atomic E-state index is 0.717. The number of benzene rings is 1. The second kappa shape index (κ2) is 6.78. The minimum Gasteiger partial charge on any atom is -0.337 e. The standard InChI is InChI=1S/C13H15Cl2N3/c14-12-2-3-13(15)11(8-12)9-16-4-1-6-18-7-5-17-10-18/h2-3,5,7-8,10,16H,1,4,6,9H2. The molecule has 0 atom stereocenters. The highest BCUT2D eigenvalue weighted by Gasteiger charge is 2.00. The van der Waals surface area contributed by atoms with E-state index in [0.717, 1.165) is 41.7 Å². The van der Waals surface area contributed by atoms with Crippen molar-refractivity contribution in [2.45, 2.75) is 19.5 Å². The molecule has 1 aromatic heterocycles. The fourth-order valence-electron chi connectivity index (χ4n) is 1.71. The van der Waals surface area contributed by atoms with Crippen molar-refractivity contribution in [2.24, 2.45) is 0 Å². The van der Waals surface area contributed by atoms with Gasteiger partial charge in [0.1, 0.15) is 0 Å². The van der Waals surface area contributed by atoms with E-state index in [4.69, 9.17) is 23.2 Å². The summed E-state index contributed by atoms with van der Waals surface area (Å²) in [7, 11) is 0. The molecule has 1 N–H and O–H groups in total. The van der Waals surface area contributed by atoms with Crippen LogP contribution in [0.25, 0.3) is 0 Å². The molecule has 0 radical (unpaired) electrons. The zero-order chi connectivity index (χ0) is 12.8. The van der Waals surface area contributed by atoms with E-state index in [1.807, 2.05) is 24.7 Å². The van der Waals surface area contributed by atoms with Gasteiger partial charge in [-0.05, 0) is 36.7 Å². The maximum absolute atomic E-state index is 6.08. The lowest BCUT2D eigenvalue weighted by atomic mass is 10.2. The number of aryl methyl sites for hydroxylation is 1. The van der Waals surface area contributed by atoms with Crippen molar-refractivity contribution in [1.29, 1.82) is 0 Å². The Balaban J connectivity index is 1.70. The summed E-state index contributed by atoms with van der Waals surface area (Å²) < 4.78 is 2.06. The molecule has 3 nitrogen and oxygen atoms in total. The Kier molecular flexibility index (Phi) is 5.05. The van der Waals surface area contributed by atoms with E-state index < -0.39 is 0 Å².